The number of amides is 2. The van der Waals surface area contributed by atoms with Crippen LogP contribution in [0.2, 0.25) is 0 Å². The lowest BCUT2D eigenvalue weighted by Crippen LogP contribution is -2.48. The lowest BCUT2D eigenvalue weighted by molar-refractivity contribution is -0.137. The summed E-state index contributed by atoms with van der Waals surface area (Å²) in [5.74, 6) is -1.09. The molecule has 7 heteroatoms. The molecule has 1 spiro atoms. The summed E-state index contributed by atoms with van der Waals surface area (Å²) in [6.45, 7) is 1.42. The normalized spacial score (nSPS) is 19.3. The summed E-state index contributed by atoms with van der Waals surface area (Å²) < 4.78 is 15.0. The number of nitrogens with zero attached hydrogens (tertiary/aromatic N) is 2. The highest BCUT2D eigenvalue weighted by Gasteiger charge is 2.47. The summed E-state index contributed by atoms with van der Waals surface area (Å²) in [5, 5.41) is 9.38. The van der Waals surface area contributed by atoms with E-state index in [2.05, 4.69) is 15.9 Å². The van der Waals surface area contributed by atoms with E-state index in [4.69, 9.17) is 0 Å². The highest BCUT2D eigenvalue weighted by atomic mass is 79.9. The van der Waals surface area contributed by atoms with E-state index in [0.717, 1.165) is 29.3 Å². The number of piperidine rings is 1. The first kappa shape index (κ1) is 21.8. The Bertz CT molecular complexity index is 1000. The number of aliphatic carboxylic acids is 1. The number of carboxylic acids is 1. The number of benzene rings is 2. The highest BCUT2D eigenvalue weighted by molar-refractivity contribution is 9.10. The van der Waals surface area contributed by atoms with E-state index in [1.165, 1.54) is 11.6 Å². The van der Waals surface area contributed by atoms with Crippen LogP contribution in [0.3, 0.4) is 0 Å². The number of carbonyl (C=O) groups excluding carboxylic acids is 1. The molecule has 1 N–H and O–H groups in total. The van der Waals surface area contributed by atoms with Crippen molar-refractivity contribution in [1.29, 1.82) is 0 Å². The quantitative estimate of drug-likeness (QED) is 0.648. The second-order valence-corrected chi connectivity index (χ2v) is 9.55. The number of halogens is 2. The summed E-state index contributed by atoms with van der Waals surface area (Å²) in [4.78, 5) is 27.8. The van der Waals surface area contributed by atoms with Gasteiger partial charge in [0.1, 0.15) is 5.82 Å². The van der Waals surface area contributed by atoms with Gasteiger partial charge in [-0.2, -0.15) is 0 Å². The fourth-order valence-electron chi connectivity index (χ4n) is 5.29. The molecular weight excluding hydrogens is 463 g/mol. The molecule has 1 aliphatic heterocycles. The van der Waals surface area contributed by atoms with Gasteiger partial charge in [-0.15, -0.1) is 0 Å². The van der Waals surface area contributed by atoms with Gasteiger partial charge in [0.2, 0.25) is 0 Å². The summed E-state index contributed by atoms with van der Waals surface area (Å²) in [6.07, 6.45) is 2.50. The zero-order valence-corrected chi connectivity index (χ0v) is 19.1. The maximum Gasteiger partial charge on any atom is 0.320 e. The number of carbonyl (C=O) groups is 2. The molecule has 2 amide bonds. The van der Waals surface area contributed by atoms with E-state index in [-0.39, 0.29) is 36.1 Å². The Morgan fingerprint density at radius 2 is 1.90 bits per heavy atom. The van der Waals surface area contributed by atoms with E-state index in [1.807, 2.05) is 23.1 Å². The second-order valence-electron chi connectivity index (χ2n) is 8.70. The standard InChI is InChI=1S/C24H26BrFN2O3/c1-27(15-16-5-2-3-8-20(16)26)23(31)28-11-9-24(10-12-28)14-17(13-21(29)30)18-6-4-7-19(25)22(18)24/h2-8,17H,9-15H2,1H3,(H,29,30). The first-order valence-electron chi connectivity index (χ1n) is 10.5. The van der Waals surface area contributed by atoms with Gasteiger partial charge in [0.05, 0.1) is 6.42 Å². The number of fused-ring (bicyclic) bond motifs is 2. The third-order valence-electron chi connectivity index (χ3n) is 6.76. The third kappa shape index (κ3) is 4.20. The minimum Gasteiger partial charge on any atom is -0.481 e. The van der Waals surface area contributed by atoms with Crippen LogP contribution in [0.1, 0.15) is 48.3 Å². The van der Waals surface area contributed by atoms with Crippen molar-refractivity contribution in [1.82, 2.24) is 9.80 Å². The van der Waals surface area contributed by atoms with Crippen LogP contribution >= 0.6 is 15.9 Å². The molecule has 5 nitrogen and oxygen atoms in total. The molecule has 1 fully saturated rings. The van der Waals surface area contributed by atoms with E-state index in [0.29, 0.717) is 18.7 Å². The van der Waals surface area contributed by atoms with Crippen molar-refractivity contribution in [2.75, 3.05) is 20.1 Å². The monoisotopic (exact) mass is 488 g/mol. The molecule has 0 bridgehead atoms. The van der Waals surface area contributed by atoms with E-state index < -0.39 is 5.97 Å². The Morgan fingerprint density at radius 3 is 2.58 bits per heavy atom. The van der Waals surface area contributed by atoms with E-state index in [1.54, 1.807) is 30.1 Å². The van der Waals surface area contributed by atoms with Gasteiger partial charge < -0.3 is 14.9 Å². The van der Waals surface area contributed by atoms with Gasteiger partial charge in [-0.3, -0.25) is 4.79 Å². The van der Waals surface area contributed by atoms with E-state index >= 15 is 0 Å². The molecule has 2 aliphatic rings. The van der Waals surface area contributed by atoms with Crippen LogP contribution in [0.4, 0.5) is 9.18 Å². The van der Waals surface area contributed by atoms with Crippen molar-refractivity contribution < 1.29 is 19.1 Å². The smallest absolute Gasteiger partial charge is 0.320 e. The van der Waals surface area contributed by atoms with Gasteiger partial charge >= 0.3 is 12.0 Å². The fraction of sp³-hybridized carbons (Fsp3) is 0.417. The summed E-state index contributed by atoms with van der Waals surface area (Å²) in [5.41, 5.74) is 2.72. The Balaban J connectivity index is 1.47. The number of hydrogen-bond donors (Lipinski definition) is 1. The molecule has 1 heterocycles. The Hall–Kier alpha value is -2.41. The Morgan fingerprint density at radius 1 is 1.19 bits per heavy atom. The number of likely N-dealkylation sites (tertiary alicyclic amines) is 1. The van der Waals surface area contributed by atoms with Crippen LogP contribution in [0, 0.1) is 5.82 Å². The van der Waals surface area contributed by atoms with Crippen molar-refractivity contribution in [2.45, 2.75) is 43.6 Å². The minimum atomic E-state index is -0.782. The maximum absolute atomic E-state index is 14.0. The van der Waals surface area contributed by atoms with Crippen LogP contribution in [0.15, 0.2) is 46.9 Å². The number of urea groups is 1. The molecule has 164 valence electrons. The molecule has 31 heavy (non-hydrogen) atoms. The SMILES string of the molecule is CN(Cc1ccccc1F)C(=O)N1CCC2(CC1)CC(CC(=O)O)c1cccc(Br)c12. The third-order valence-corrected chi connectivity index (χ3v) is 7.42. The van der Waals surface area contributed by atoms with Crippen molar-refractivity contribution >= 4 is 27.9 Å². The molecular formula is C24H26BrFN2O3. The van der Waals surface area contributed by atoms with Gasteiger partial charge in [0, 0.05) is 42.1 Å². The van der Waals surface area contributed by atoms with Crippen LogP contribution in [-0.2, 0) is 16.8 Å². The van der Waals surface area contributed by atoms with Crippen LogP contribution in [0.25, 0.3) is 0 Å². The highest BCUT2D eigenvalue weighted by Crippen LogP contribution is 2.55. The van der Waals surface area contributed by atoms with Crippen LogP contribution in [-0.4, -0.2) is 47.0 Å². The molecule has 2 aromatic rings. The maximum atomic E-state index is 14.0. The van der Waals surface area contributed by atoms with Gasteiger partial charge in [0.15, 0.2) is 0 Å². The van der Waals surface area contributed by atoms with Gasteiger partial charge in [-0.1, -0.05) is 46.3 Å². The molecule has 1 saturated heterocycles. The van der Waals surface area contributed by atoms with Gasteiger partial charge in [-0.25, -0.2) is 9.18 Å². The molecule has 1 unspecified atom stereocenters. The average molecular weight is 489 g/mol. The predicted octanol–water partition coefficient (Wildman–Crippen LogP) is 5.14. The molecule has 4 rings (SSSR count). The van der Waals surface area contributed by atoms with Crippen molar-refractivity contribution in [3.63, 3.8) is 0 Å². The summed E-state index contributed by atoms with van der Waals surface area (Å²) in [7, 11) is 1.70. The number of rotatable bonds is 4. The molecule has 0 saturated carbocycles. The lowest BCUT2D eigenvalue weighted by atomic mass is 9.73. The molecule has 1 atom stereocenters. The van der Waals surface area contributed by atoms with Gasteiger partial charge in [-0.05, 0) is 48.4 Å². The van der Waals surface area contributed by atoms with Crippen LogP contribution in [0.5, 0.6) is 0 Å². The second kappa shape index (κ2) is 8.61. The van der Waals surface area contributed by atoms with E-state index in [9.17, 15) is 19.1 Å². The van der Waals surface area contributed by atoms with Crippen molar-refractivity contribution in [3.05, 3.63) is 69.4 Å². The molecule has 0 radical (unpaired) electrons. The van der Waals surface area contributed by atoms with Crippen LogP contribution < -0.4 is 0 Å². The molecule has 0 aromatic heterocycles. The zero-order valence-electron chi connectivity index (χ0n) is 17.5. The van der Waals surface area contributed by atoms with Crippen molar-refractivity contribution in [3.8, 4) is 0 Å². The topological polar surface area (TPSA) is 60.9 Å². The number of hydrogen-bond acceptors (Lipinski definition) is 2. The lowest BCUT2D eigenvalue weighted by Gasteiger charge is -2.41. The average Bonchev–Trinajstić information content (AvgIpc) is 3.03. The molecule has 2 aromatic carbocycles. The fourth-order valence-corrected chi connectivity index (χ4v) is 6.09. The summed E-state index contributed by atoms with van der Waals surface area (Å²) >= 11 is 3.69. The Kier molecular flexibility index (Phi) is 6.06. The summed E-state index contributed by atoms with van der Waals surface area (Å²) in [6, 6.07) is 12.4. The van der Waals surface area contributed by atoms with Crippen molar-refractivity contribution in [2.24, 2.45) is 0 Å². The number of carboxylic acid groups (broad SMARTS) is 1. The van der Waals surface area contributed by atoms with Gasteiger partial charge in [0.25, 0.3) is 0 Å². The first-order chi connectivity index (χ1) is 14.8. The minimum absolute atomic E-state index is 0.00372. The zero-order chi connectivity index (χ0) is 22.2. The first-order valence-corrected chi connectivity index (χ1v) is 11.3. The largest absolute Gasteiger partial charge is 0.481 e. The molecule has 1 aliphatic carbocycles. The Labute approximate surface area is 190 Å². The predicted molar refractivity (Wildman–Crippen MR) is 120 cm³/mol.